The van der Waals surface area contributed by atoms with Crippen LogP contribution >= 0.6 is 0 Å². The second-order valence-corrected chi connectivity index (χ2v) is 9.85. The Bertz CT molecular complexity index is 723. The van der Waals surface area contributed by atoms with E-state index in [0.717, 1.165) is 11.3 Å². The first-order valence-corrected chi connectivity index (χ1v) is 10.4. The average molecular weight is 405 g/mol. The van der Waals surface area contributed by atoms with Crippen LogP contribution < -0.4 is 10.1 Å². The number of benzene rings is 1. The van der Waals surface area contributed by atoms with Gasteiger partial charge in [0.15, 0.2) is 6.61 Å². The van der Waals surface area contributed by atoms with Gasteiger partial charge in [0.05, 0.1) is 0 Å². The highest BCUT2D eigenvalue weighted by atomic mass is 16.6. The van der Waals surface area contributed by atoms with Crippen molar-refractivity contribution < 1.29 is 19.1 Å². The highest BCUT2D eigenvalue weighted by Gasteiger charge is 2.27. The quantitative estimate of drug-likeness (QED) is 0.817. The maximum Gasteiger partial charge on any atom is 0.410 e. The molecule has 0 saturated carbocycles. The number of likely N-dealkylation sites (tertiary alicyclic amines) is 1. The summed E-state index contributed by atoms with van der Waals surface area (Å²) in [5, 5.41) is 3.02. The van der Waals surface area contributed by atoms with Crippen molar-refractivity contribution in [3.05, 3.63) is 29.3 Å². The highest BCUT2D eigenvalue weighted by molar-refractivity contribution is 5.78. The van der Waals surface area contributed by atoms with Gasteiger partial charge < -0.3 is 19.7 Å². The lowest BCUT2D eigenvalue weighted by Crippen LogP contribution is -2.48. The lowest BCUT2D eigenvalue weighted by molar-refractivity contribution is -0.124. The summed E-state index contributed by atoms with van der Waals surface area (Å²) in [5.41, 5.74) is 1.70. The predicted molar refractivity (Wildman–Crippen MR) is 114 cm³/mol. The van der Waals surface area contributed by atoms with Gasteiger partial charge in [-0.3, -0.25) is 4.79 Å². The van der Waals surface area contributed by atoms with Gasteiger partial charge in [-0.15, -0.1) is 0 Å². The Kier molecular flexibility index (Phi) is 7.20. The number of piperidine rings is 1. The molecule has 1 aliphatic rings. The van der Waals surface area contributed by atoms with Crippen molar-refractivity contribution in [1.29, 1.82) is 0 Å². The van der Waals surface area contributed by atoms with Crippen LogP contribution in [-0.4, -0.2) is 48.2 Å². The zero-order valence-corrected chi connectivity index (χ0v) is 18.9. The number of amides is 2. The van der Waals surface area contributed by atoms with Crippen molar-refractivity contribution in [3.63, 3.8) is 0 Å². The third-order valence-electron chi connectivity index (χ3n) is 4.81. The minimum absolute atomic E-state index is 0.0155. The monoisotopic (exact) mass is 404 g/mol. The Morgan fingerprint density at radius 3 is 2.28 bits per heavy atom. The lowest BCUT2D eigenvalue weighted by Gasteiger charge is -2.33. The molecule has 6 heteroatoms. The van der Waals surface area contributed by atoms with Crippen molar-refractivity contribution in [2.75, 3.05) is 19.7 Å². The Balaban J connectivity index is 1.82. The van der Waals surface area contributed by atoms with E-state index in [9.17, 15) is 9.59 Å². The summed E-state index contributed by atoms with van der Waals surface area (Å²) in [4.78, 5) is 26.2. The van der Waals surface area contributed by atoms with Crippen LogP contribution in [0.1, 0.15) is 65.5 Å². The van der Waals surface area contributed by atoms with E-state index in [1.807, 2.05) is 32.9 Å². The third-order valence-corrected chi connectivity index (χ3v) is 4.81. The molecule has 1 saturated heterocycles. The second-order valence-electron chi connectivity index (χ2n) is 9.85. The van der Waals surface area contributed by atoms with Crippen LogP contribution in [0.3, 0.4) is 0 Å². The number of rotatable bonds is 4. The topological polar surface area (TPSA) is 67.9 Å². The average Bonchev–Trinajstić information content (AvgIpc) is 2.59. The first kappa shape index (κ1) is 23.0. The molecule has 6 nitrogen and oxygen atoms in total. The van der Waals surface area contributed by atoms with Gasteiger partial charge >= 0.3 is 6.09 Å². The van der Waals surface area contributed by atoms with Gasteiger partial charge in [0.2, 0.25) is 0 Å². The molecular formula is C23H36N2O4. The molecule has 0 atom stereocenters. The Morgan fingerprint density at radius 2 is 1.72 bits per heavy atom. The summed E-state index contributed by atoms with van der Waals surface area (Å²) in [6.45, 7) is 15.2. The SMILES string of the molecule is Cc1ccc(OCC(=O)NC2CCN(C(=O)OC(C)(C)C)CC2)c(C(C)(C)C)c1. The third kappa shape index (κ3) is 7.26. The molecule has 1 aliphatic heterocycles. The van der Waals surface area contributed by atoms with Gasteiger partial charge in [-0.05, 0) is 57.6 Å². The molecule has 1 N–H and O–H groups in total. The fourth-order valence-corrected chi connectivity index (χ4v) is 3.30. The number of carbonyl (C=O) groups excluding carboxylic acids is 2. The van der Waals surface area contributed by atoms with E-state index in [4.69, 9.17) is 9.47 Å². The van der Waals surface area contributed by atoms with E-state index in [2.05, 4.69) is 39.1 Å². The summed E-state index contributed by atoms with van der Waals surface area (Å²) < 4.78 is 11.2. The molecular weight excluding hydrogens is 368 g/mol. The van der Waals surface area contributed by atoms with Crippen LogP contribution in [0.2, 0.25) is 0 Å². The van der Waals surface area contributed by atoms with Gasteiger partial charge in [-0.2, -0.15) is 0 Å². The summed E-state index contributed by atoms with van der Waals surface area (Å²) in [5.74, 6) is 0.610. The van der Waals surface area contributed by atoms with E-state index in [0.29, 0.717) is 25.9 Å². The number of carbonyl (C=O) groups is 2. The largest absolute Gasteiger partial charge is 0.483 e. The standard InChI is InChI=1S/C23H36N2O4/c1-16-8-9-19(18(14-16)22(2,3)4)28-15-20(26)24-17-10-12-25(13-11-17)21(27)29-23(5,6)7/h8-9,14,17H,10-13,15H2,1-7H3,(H,24,26). The molecule has 162 valence electrons. The molecule has 0 spiro atoms. The van der Waals surface area contributed by atoms with E-state index >= 15 is 0 Å². The summed E-state index contributed by atoms with van der Waals surface area (Å²) in [6, 6.07) is 6.08. The van der Waals surface area contributed by atoms with Crippen molar-refractivity contribution in [2.45, 2.75) is 78.4 Å². The van der Waals surface area contributed by atoms with Crippen molar-refractivity contribution >= 4 is 12.0 Å². The maximum atomic E-state index is 12.4. The zero-order chi connectivity index (χ0) is 21.8. The molecule has 0 aliphatic carbocycles. The van der Waals surface area contributed by atoms with E-state index < -0.39 is 5.60 Å². The lowest BCUT2D eigenvalue weighted by atomic mass is 9.85. The van der Waals surface area contributed by atoms with Crippen LogP contribution in [0.4, 0.5) is 4.79 Å². The molecule has 1 aromatic rings. The predicted octanol–water partition coefficient (Wildman–Crippen LogP) is 4.19. The van der Waals surface area contributed by atoms with Gasteiger partial charge in [-0.1, -0.05) is 38.5 Å². The first-order chi connectivity index (χ1) is 13.3. The van der Waals surface area contributed by atoms with Crippen molar-refractivity contribution in [2.24, 2.45) is 0 Å². The van der Waals surface area contributed by atoms with E-state index in [1.165, 1.54) is 5.56 Å². The number of nitrogens with one attached hydrogen (secondary N) is 1. The molecule has 2 amide bonds. The smallest absolute Gasteiger partial charge is 0.410 e. The summed E-state index contributed by atoms with van der Waals surface area (Å²) >= 11 is 0. The van der Waals surface area contributed by atoms with Gasteiger partial charge in [0, 0.05) is 19.1 Å². The summed E-state index contributed by atoms with van der Waals surface area (Å²) in [7, 11) is 0. The fourth-order valence-electron chi connectivity index (χ4n) is 3.30. The number of aryl methyl sites for hydroxylation is 1. The van der Waals surface area contributed by atoms with Crippen LogP contribution in [0.15, 0.2) is 18.2 Å². The minimum atomic E-state index is -0.499. The molecule has 1 aromatic carbocycles. The fraction of sp³-hybridized carbons (Fsp3) is 0.652. The minimum Gasteiger partial charge on any atom is -0.483 e. The van der Waals surface area contributed by atoms with Gasteiger partial charge in [0.1, 0.15) is 11.4 Å². The normalized spacial score (nSPS) is 15.8. The number of hydrogen-bond donors (Lipinski definition) is 1. The molecule has 2 rings (SSSR count). The van der Waals surface area contributed by atoms with Crippen LogP contribution in [0, 0.1) is 6.92 Å². The molecule has 0 radical (unpaired) electrons. The number of hydrogen-bond acceptors (Lipinski definition) is 4. The molecule has 0 unspecified atom stereocenters. The molecule has 1 heterocycles. The van der Waals surface area contributed by atoms with Gasteiger partial charge in [0.25, 0.3) is 5.91 Å². The molecule has 0 bridgehead atoms. The Hall–Kier alpha value is -2.24. The Morgan fingerprint density at radius 1 is 1.10 bits per heavy atom. The number of ether oxygens (including phenoxy) is 2. The van der Waals surface area contributed by atoms with Crippen molar-refractivity contribution in [1.82, 2.24) is 10.2 Å². The second kappa shape index (κ2) is 9.06. The van der Waals surface area contributed by atoms with Crippen LogP contribution in [-0.2, 0) is 14.9 Å². The number of nitrogens with zero attached hydrogens (tertiary/aromatic N) is 1. The zero-order valence-electron chi connectivity index (χ0n) is 18.9. The van der Waals surface area contributed by atoms with E-state index in [-0.39, 0.29) is 30.1 Å². The van der Waals surface area contributed by atoms with Crippen molar-refractivity contribution in [3.8, 4) is 5.75 Å². The Labute approximate surface area is 174 Å². The summed E-state index contributed by atoms with van der Waals surface area (Å²) in [6.07, 6.45) is 1.13. The highest BCUT2D eigenvalue weighted by Crippen LogP contribution is 2.32. The van der Waals surface area contributed by atoms with Gasteiger partial charge in [-0.25, -0.2) is 4.79 Å². The van der Waals surface area contributed by atoms with Crippen LogP contribution in [0.5, 0.6) is 5.75 Å². The molecule has 1 fully saturated rings. The first-order valence-electron chi connectivity index (χ1n) is 10.4. The molecule has 0 aromatic heterocycles. The van der Waals surface area contributed by atoms with E-state index in [1.54, 1.807) is 4.90 Å². The molecule has 29 heavy (non-hydrogen) atoms. The van der Waals surface area contributed by atoms with Crippen LogP contribution in [0.25, 0.3) is 0 Å². The maximum absolute atomic E-state index is 12.4.